The van der Waals surface area contributed by atoms with E-state index >= 15 is 0 Å². The number of benzene rings is 1. The molecule has 0 atom stereocenters. The molecule has 0 radical (unpaired) electrons. The molecule has 2 aromatic rings. The number of nitrogens with zero attached hydrogens (tertiary/aromatic N) is 2. The summed E-state index contributed by atoms with van der Waals surface area (Å²) in [6.07, 6.45) is 1.04. The van der Waals surface area contributed by atoms with Gasteiger partial charge in [0.05, 0.1) is 6.54 Å². The summed E-state index contributed by atoms with van der Waals surface area (Å²) in [4.78, 5) is 8.07. The summed E-state index contributed by atoms with van der Waals surface area (Å²) in [5.41, 5.74) is 1.23. The molecule has 1 aromatic heterocycles. The van der Waals surface area contributed by atoms with E-state index in [0.717, 1.165) is 18.9 Å². The fraction of sp³-hybridized carbons (Fsp3) is 0.312. The molecule has 21 heavy (non-hydrogen) atoms. The zero-order chi connectivity index (χ0) is 14.2. The summed E-state index contributed by atoms with van der Waals surface area (Å²) < 4.78 is 0. The van der Waals surface area contributed by atoms with Crippen molar-refractivity contribution in [1.29, 1.82) is 0 Å². The number of hydrogen-bond donors (Lipinski definition) is 1. The first-order valence-electron chi connectivity index (χ1n) is 6.77. The molecule has 0 aliphatic rings. The highest BCUT2D eigenvalue weighted by atomic mass is 127. The molecule has 1 heterocycles. The third kappa shape index (κ3) is 6.48. The lowest BCUT2D eigenvalue weighted by molar-refractivity contribution is 0.579. The van der Waals surface area contributed by atoms with E-state index in [1.54, 1.807) is 11.3 Å². The summed E-state index contributed by atoms with van der Waals surface area (Å²) in [6.45, 7) is 1.62. The molecule has 0 amide bonds. The Morgan fingerprint density at radius 2 is 1.90 bits per heavy atom. The number of aliphatic imine (C=N–C) groups is 1. The van der Waals surface area contributed by atoms with Gasteiger partial charge in [-0.25, -0.2) is 4.99 Å². The fourth-order valence-corrected chi connectivity index (χ4v) is 2.57. The van der Waals surface area contributed by atoms with Crippen molar-refractivity contribution in [3.63, 3.8) is 0 Å². The van der Waals surface area contributed by atoms with Gasteiger partial charge < -0.3 is 10.2 Å². The number of thiophene rings is 1. The van der Waals surface area contributed by atoms with Gasteiger partial charge in [0.15, 0.2) is 5.96 Å². The number of nitrogens with one attached hydrogen (secondary N) is 1. The Kier molecular flexibility index (Phi) is 8.37. The van der Waals surface area contributed by atoms with Crippen molar-refractivity contribution >= 4 is 41.3 Å². The molecule has 0 saturated heterocycles. The average molecular weight is 415 g/mol. The van der Waals surface area contributed by atoms with Crippen molar-refractivity contribution in [2.24, 2.45) is 4.99 Å². The van der Waals surface area contributed by atoms with E-state index in [4.69, 9.17) is 0 Å². The number of halogens is 1. The molecule has 0 fully saturated rings. The van der Waals surface area contributed by atoms with E-state index in [1.807, 2.05) is 37.2 Å². The summed E-state index contributed by atoms with van der Waals surface area (Å²) in [7, 11) is 4.03. The molecular formula is C16H22IN3S. The second-order valence-corrected chi connectivity index (χ2v) is 5.81. The first-order chi connectivity index (χ1) is 9.75. The number of rotatable bonds is 5. The Balaban J connectivity index is 0.00000220. The molecule has 0 aliphatic heterocycles. The second kappa shape index (κ2) is 9.78. The summed E-state index contributed by atoms with van der Waals surface area (Å²) >= 11 is 1.80. The maximum absolute atomic E-state index is 4.65. The third-order valence-corrected chi connectivity index (χ3v) is 3.85. The summed E-state index contributed by atoms with van der Waals surface area (Å²) in [5.74, 6) is 0.936. The Morgan fingerprint density at radius 3 is 2.52 bits per heavy atom. The van der Waals surface area contributed by atoms with Crippen molar-refractivity contribution in [2.75, 3.05) is 20.6 Å². The Labute approximate surface area is 148 Å². The van der Waals surface area contributed by atoms with Crippen LogP contribution in [0.1, 0.15) is 10.4 Å². The van der Waals surface area contributed by atoms with Gasteiger partial charge in [-0.05, 0) is 23.4 Å². The maximum Gasteiger partial charge on any atom is 0.193 e. The largest absolute Gasteiger partial charge is 0.356 e. The Morgan fingerprint density at radius 1 is 1.14 bits per heavy atom. The van der Waals surface area contributed by atoms with Crippen LogP contribution in [0.5, 0.6) is 0 Å². The van der Waals surface area contributed by atoms with Crippen LogP contribution in [-0.2, 0) is 13.0 Å². The third-order valence-electron chi connectivity index (χ3n) is 2.91. The molecule has 1 aromatic carbocycles. The number of guanidine groups is 1. The lowest BCUT2D eigenvalue weighted by Gasteiger charge is -2.17. The van der Waals surface area contributed by atoms with Crippen LogP contribution < -0.4 is 5.32 Å². The van der Waals surface area contributed by atoms with Gasteiger partial charge in [-0.2, -0.15) is 0 Å². The average Bonchev–Trinajstić information content (AvgIpc) is 2.96. The SMILES string of the molecule is CN(C)C(=NCc1ccccc1)NCCc1cccs1.I. The van der Waals surface area contributed by atoms with Crippen LogP contribution in [0.15, 0.2) is 52.8 Å². The minimum absolute atomic E-state index is 0. The predicted octanol–water partition coefficient (Wildman–Crippen LogP) is 3.62. The van der Waals surface area contributed by atoms with Crippen molar-refractivity contribution in [3.8, 4) is 0 Å². The fourth-order valence-electron chi connectivity index (χ4n) is 1.86. The molecule has 2 rings (SSSR count). The Bertz CT molecular complexity index is 524. The second-order valence-electron chi connectivity index (χ2n) is 4.78. The normalized spacial score (nSPS) is 10.9. The maximum atomic E-state index is 4.65. The van der Waals surface area contributed by atoms with Gasteiger partial charge in [-0.15, -0.1) is 35.3 Å². The van der Waals surface area contributed by atoms with E-state index in [0.29, 0.717) is 6.54 Å². The molecule has 0 spiro atoms. The number of hydrogen-bond acceptors (Lipinski definition) is 2. The van der Waals surface area contributed by atoms with E-state index in [1.165, 1.54) is 10.4 Å². The van der Waals surface area contributed by atoms with Crippen LogP contribution in [-0.4, -0.2) is 31.5 Å². The molecule has 5 heteroatoms. The smallest absolute Gasteiger partial charge is 0.193 e. The van der Waals surface area contributed by atoms with Gasteiger partial charge in [0.2, 0.25) is 0 Å². The van der Waals surface area contributed by atoms with Gasteiger partial charge in [0.25, 0.3) is 0 Å². The van der Waals surface area contributed by atoms with Crippen LogP contribution in [0.3, 0.4) is 0 Å². The van der Waals surface area contributed by atoms with Crippen molar-refractivity contribution in [3.05, 3.63) is 58.3 Å². The van der Waals surface area contributed by atoms with E-state index < -0.39 is 0 Å². The molecular weight excluding hydrogens is 393 g/mol. The molecule has 3 nitrogen and oxygen atoms in total. The van der Waals surface area contributed by atoms with Crippen LogP contribution in [0, 0.1) is 0 Å². The first kappa shape index (κ1) is 18.0. The van der Waals surface area contributed by atoms with E-state index in [-0.39, 0.29) is 24.0 Å². The first-order valence-corrected chi connectivity index (χ1v) is 7.65. The molecule has 0 unspecified atom stereocenters. The van der Waals surface area contributed by atoms with Gasteiger partial charge in [0.1, 0.15) is 0 Å². The van der Waals surface area contributed by atoms with Crippen molar-refractivity contribution in [2.45, 2.75) is 13.0 Å². The minimum atomic E-state index is 0. The molecule has 0 saturated carbocycles. The summed E-state index contributed by atoms with van der Waals surface area (Å²) in [5, 5.41) is 5.53. The van der Waals surface area contributed by atoms with Crippen LogP contribution in [0.2, 0.25) is 0 Å². The Hall–Kier alpha value is -1.08. The standard InChI is InChI=1S/C16H21N3S.HI/c1-19(2)16(17-11-10-15-9-6-12-20-15)18-13-14-7-4-3-5-8-14;/h3-9,12H,10-11,13H2,1-2H3,(H,17,18);1H. The monoisotopic (exact) mass is 415 g/mol. The highest BCUT2D eigenvalue weighted by Crippen LogP contribution is 2.08. The quantitative estimate of drug-likeness (QED) is 0.459. The lowest BCUT2D eigenvalue weighted by atomic mass is 10.2. The topological polar surface area (TPSA) is 27.6 Å². The van der Waals surface area contributed by atoms with Gasteiger partial charge in [-0.1, -0.05) is 36.4 Å². The van der Waals surface area contributed by atoms with Crippen molar-refractivity contribution in [1.82, 2.24) is 10.2 Å². The summed E-state index contributed by atoms with van der Waals surface area (Å²) in [6, 6.07) is 14.6. The van der Waals surface area contributed by atoms with Crippen LogP contribution in [0.4, 0.5) is 0 Å². The van der Waals surface area contributed by atoms with Gasteiger partial charge in [0, 0.05) is 25.5 Å². The molecule has 0 aliphatic carbocycles. The molecule has 1 N–H and O–H groups in total. The van der Waals surface area contributed by atoms with Gasteiger partial charge in [-0.3, -0.25) is 0 Å². The van der Waals surface area contributed by atoms with Crippen LogP contribution >= 0.6 is 35.3 Å². The lowest BCUT2D eigenvalue weighted by Crippen LogP contribution is -2.37. The zero-order valence-electron chi connectivity index (χ0n) is 12.5. The van der Waals surface area contributed by atoms with E-state index in [2.05, 4.69) is 40.0 Å². The van der Waals surface area contributed by atoms with E-state index in [9.17, 15) is 0 Å². The minimum Gasteiger partial charge on any atom is -0.356 e. The zero-order valence-corrected chi connectivity index (χ0v) is 15.6. The van der Waals surface area contributed by atoms with Crippen LogP contribution in [0.25, 0.3) is 0 Å². The predicted molar refractivity (Wildman–Crippen MR) is 103 cm³/mol. The molecule has 0 bridgehead atoms. The van der Waals surface area contributed by atoms with Crippen molar-refractivity contribution < 1.29 is 0 Å². The molecule has 114 valence electrons. The van der Waals surface area contributed by atoms with Gasteiger partial charge >= 0.3 is 0 Å². The highest BCUT2D eigenvalue weighted by Gasteiger charge is 2.01. The highest BCUT2D eigenvalue weighted by molar-refractivity contribution is 14.0.